The van der Waals surface area contributed by atoms with Crippen LogP contribution in [0.2, 0.25) is 0 Å². The molecule has 0 saturated heterocycles. The van der Waals surface area contributed by atoms with Crippen molar-refractivity contribution < 1.29 is 17.1 Å². The zero-order valence-electron chi connectivity index (χ0n) is 7.87. The number of hydrogen-bond acceptors (Lipinski definition) is 2. The molecule has 0 aliphatic heterocycles. The third kappa shape index (κ3) is 1.60. The molecule has 72 valence electrons. The van der Waals surface area contributed by atoms with E-state index in [1.165, 1.54) is 0 Å². The van der Waals surface area contributed by atoms with E-state index in [4.69, 9.17) is 0 Å². The van der Waals surface area contributed by atoms with E-state index in [1.54, 1.807) is 12.4 Å². The zero-order valence-corrected chi connectivity index (χ0v) is 8.97. The van der Waals surface area contributed by atoms with Crippen molar-refractivity contribution in [2.24, 2.45) is 0 Å². The molecule has 3 heteroatoms. The smallest absolute Gasteiger partial charge is 0.254 e. The van der Waals surface area contributed by atoms with E-state index in [1.807, 2.05) is 12.1 Å². The van der Waals surface area contributed by atoms with Crippen LogP contribution in [-0.2, 0) is 17.1 Å². The Hall–Kier alpha value is -1.44. The standard InChI is InChI=1S/C12H8N2.Fe/c1-3-9-5-6-10-4-2-8-14-12(10)11(9)13-7-1;/h1-8H;/q;+2. The van der Waals surface area contributed by atoms with E-state index in [2.05, 4.69) is 34.2 Å². The van der Waals surface area contributed by atoms with E-state index in [0.29, 0.717) is 0 Å². The first-order valence-electron chi connectivity index (χ1n) is 4.53. The SMILES string of the molecule is [Fe+2].c1cnc2c(c1)ccc1cccnc12. The van der Waals surface area contributed by atoms with Gasteiger partial charge in [0.2, 0.25) is 0 Å². The fraction of sp³-hybridized carbons (Fsp3) is 0. The van der Waals surface area contributed by atoms with Crippen LogP contribution in [0.3, 0.4) is 0 Å². The van der Waals surface area contributed by atoms with Crippen molar-refractivity contribution in [1.82, 2.24) is 9.97 Å². The van der Waals surface area contributed by atoms with Crippen molar-refractivity contribution in [1.29, 1.82) is 0 Å². The van der Waals surface area contributed by atoms with Gasteiger partial charge in [-0.25, -0.2) is 0 Å². The average molecular weight is 236 g/mol. The Labute approximate surface area is 97.8 Å². The second-order valence-corrected chi connectivity index (χ2v) is 3.22. The Kier molecular flexibility index (Phi) is 2.67. The molecule has 3 rings (SSSR count). The monoisotopic (exact) mass is 236 g/mol. The third-order valence-corrected chi connectivity index (χ3v) is 2.34. The number of aromatic nitrogens is 2. The molecule has 0 fully saturated rings. The minimum absolute atomic E-state index is 0. The van der Waals surface area contributed by atoms with Crippen molar-refractivity contribution >= 4 is 21.8 Å². The van der Waals surface area contributed by atoms with Gasteiger partial charge in [0.25, 0.3) is 0 Å². The fourth-order valence-corrected chi connectivity index (χ4v) is 1.68. The Balaban J connectivity index is 0.000000853. The van der Waals surface area contributed by atoms with Gasteiger partial charge in [-0.15, -0.1) is 0 Å². The van der Waals surface area contributed by atoms with Crippen molar-refractivity contribution in [2.75, 3.05) is 0 Å². The molecule has 0 spiro atoms. The normalized spacial score (nSPS) is 10.1. The number of benzene rings is 1. The van der Waals surface area contributed by atoms with Gasteiger partial charge >= 0.3 is 17.1 Å². The summed E-state index contributed by atoms with van der Waals surface area (Å²) in [5.74, 6) is 0. The molecule has 15 heavy (non-hydrogen) atoms. The number of hydrogen-bond donors (Lipinski definition) is 0. The van der Waals surface area contributed by atoms with Crippen LogP contribution in [0.1, 0.15) is 0 Å². The molecular weight excluding hydrogens is 228 g/mol. The van der Waals surface area contributed by atoms with Gasteiger partial charge in [0.05, 0.1) is 11.0 Å². The van der Waals surface area contributed by atoms with Gasteiger partial charge in [0.15, 0.2) is 0 Å². The van der Waals surface area contributed by atoms with Gasteiger partial charge in [-0.3, -0.25) is 9.97 Å². The Morgan fingerprint density at radius 2 is 1.13 bits per heavy atom. The van der Waals surface area contributed by atoms with Crippen molar-refractivity contribution in [3.05, 3.63) is 48.8 Å². The van der Waals surface area contributed by atoms with E-state index in [9.17, 15) is 0 Å². The maximum atomic E-state index is 4.35. The maximum absolute atomic E-state index is 4.35. The quantitative estimate of drug-likeness (QED) is 0.443. The summed E-state index contributed by atoms with van der Waals surface area (Å²) in [5, 5.41) is 2.28. The molecule has 0 atom stereocenters. The number of pyridine rings is 2. The van der Waals surface area contributed by atoms with Crippen LogP contribution in [0, 0.1) is 0 Å². The van der Waals surface area contributed by atoms with Gasteiger partial charge in [0.1, 0.15) is 0 Å². The van der Waals surface area contributed by atoms with Crippen LogP contribution in [0.4, 0.5) is 0 Å². The predicted molar refractivity (Wildman–Crippen MR) is 57.0 cm³/mol. The Morgan fingerprint density at radius 3 is 1.60 bits per heavy atom. The number of rotatable bonds is 0. The van der Waals surface area contributed by atoms with Crippen LogP contribution in [-0.4, -0.2) is 9.97 Å². The fourth-order valence-electron chi connectivity index (χ4n) is 1.68. The van der Waals surface area contributed by atoms with Crippen LogP contribution in [0.15, 0.2) is 48.8 Å². The molecule has 0 amide bonds. The first kappa shape index (κ1) is 10.1. The predicted octanol–water partition coefficient (Wildman–Crippen LogP) is 2.78. The molecule has 0 aliphatic carbocycles. The summed E-state index contributed by atoms with van der Waals surface area (Å²) < 4.78 is 0. The minimum Gasteiger partial charge on any atom is -0.254 e. The van der Waals surface area contributed by atoms with Gasteiger partial charge in [-0.2, -0.15) is 0 Å². The van der Waals surface area contributed by atoms with E-state index in [-0.39, 0.29) is 17.1 Å². The average Bonchev–Trinajstić information content (AvgIpc) is 2.29. The first-order valence-corrected chi connectivity index (χ1v) is 4.53. The maximum Gasteiger partial charge on any atom is 2.00 e. The molecule has 0 N–H and O–H groups in total. The topological polar surface area (TPSA) is 25.8 Å². The second-order valence-electron chi connectivity index (χ2n) is 3.22. The summed E-state index contributed by atoms with van der Waals surface area (Å²) in [7, 11) is 0. The van der Waals surface area contributed by atoms with Crippen LogP contribution < -0.4 is 0 Å². The summed E-state index contributed by atoms with van der Waals surface area (Å²) in [4.78, 5) is 8.69. The molecule has 0 aliphatic rings. The summed E-state index contributed by atoms with van der Waals surface area (Å²) >= 11 is 0. The van der Waals surface area contributed by atoms with Crippen molar-refractivity contribution in [2.45, 2.75) is 0 Å². The largest absolute Gasteiger partial charge is 2.00 e. The van der Waals surface area contributed by atoms with Gasteiger partial charge in [-0.1, -0.05) is 24.3 Å². The molecule has 1 aromatic carbocycles. The van der Waals surface area contributed by atoms with Crippen molar-refractivity contribution in [3.8, 4) is 0 Å². The van der Waals surface area contributed by atoms with Crippen LogP contribution in [0.25, 0.3) is 21.8 Å². The molecule has 3 aromatic rings. The summed E-state index contributed by atoms with van der Waals surface area (Å²) in [6, 6.07) is 12.1. The third-order valence-electron chi connectivity index (χ3n) is 2.34. The molecule has 0 radical (unpaired) electrons. The molecule has 2 aromatic heterocycles. The molecule has 0 unspecified atom stereocenters. The van der Waals surface area contributed by atoms with Gasteiger partial charge in [-0.05, 0) is 12.1 Å². The number of nitrogens with zero attached hydrogens (tertiary/aromatic N) is 2. The van der Waals surface area contributed by atoms with Crippen molar-refractivity contribution in [3.63, 3.8) is 0 Å². The summed E-state index contributed by atoms with van der Waals surface area (Å²) in [5.41, 5.74) is 1.95. The van der Waals surface area contributed by atoms with Crippen LogP contribution >= 0.6 is 0 Å². The Morgan fingerprint density at radius 1 is 0.667 bits per heavy atom. The molecule has 2 heterocycles. The summed E-state index contributed by atoms with van der Waals surface area (Å²) in [6.07, 6.45) is 3.60. The van der Waals surface area contributed by atoms with Gasteiger partial charge < -0.3 is 0 Å². The summed E-state index contributed by atoms with van der Waals surface area (Å²) in [6.45, 7) is 0. The molecule has 2 nitrogen and oxygen atoms in total. The van der Waals surface area contributed by atoms with Crippen LogP contribution in [0.5, 0.6) is 0 Å². The second kappa shape index (κ2) is 3.97. The number of fused-ring (bicyclic) bond motifs is 3. The van der Waals surface area contributed by atoms with Gasteiger partial charge in [0, 0.05) is 23.2 Å². The van der Waals surface area contributed by atoms with E-state index >= 15 is 0 Å². The first-order chi connectivity index (χ1) is 6.95. The Bertz CT molecular complexity index is 553. The minimum atomic E-state index is 0. The molecule has 0 bridgehead atoms. The van der Waals surface area contributed by atoms with E-state index < -0.39 is 0 Å². The molecule has 0 saturated carbocycles. The molecular formula is C12H8FeN2+2. The zero-order chi connectivity index (χ0) is 9.38. The van der Waals surface area contributed by atoms with E-state index in [0.717, 1.165) is 21.8 Å².